The number of nitrogens with one attached hydrogen (secondary N) is 1. The molecule has 6 N–H and O–H groups in total. The van der Waals surface area contributed by atoms with Gasteiger partial charge in [-0.25, -0.2) is 4.79 Å². The van der Waals surface area contributed by atoms with Gasteiger partial charge in [-0.1, -0.05) is 0 Å². The zero-order chi connectivity index (χ0) is 26.1. The van der Waals surface area contributed by atoms with E-state index in [1.807, 2.05) is 0 Å². The minimum atomic E-state index is -5.95. The summed E-state index contributed by atoms with van der Waals surface area (Å²) in [7, 11) is 0. The summed E-state index contributed by atoms with van der Waals surface area (Å²) < 4.78 is 67.5. The molecule has 0 spiro atoms. The SMILES string of the molecule is NC(=O)CC[C@H](N)C(=O)N1C(c2ccc(OC(F)(F)C(F)(F)F)cc2)=C(C(=O)O)N2CCNCC21. The number of hydrogen-bond acceptors (Lipinski definition) is 7. The first kappa shape index (κ1) is 26.2. The number of piperazine rings is 1. The Morgan fingerprint density at radius 3 is 2.34 bits per heavy atom. The van der Waals surface area contributed by atoms with Crippen molar-refractivity contribution in [3.8, 4) is 5.75 Å². The van der Waals surface area contributed by atoms with Crippen molar-refractivity contribution < 1.29 is 46.2 Å². The average Bonchev–Trinajstić information content (AvgIpc) is 3.11. The Kier molecular flexibility index (Phi) is 7.21. The number of hydrogen-bond donors (Lipinski definition) is 4. The summed E-state index contributed by atoms with van der Waals surface area (Å²) in [6.07, 6.45) is -12.5. The molecule has 15 heteroatoms. The summed E-state index contributed by atoms with van der Waals surface area (Å²) in [5.74, 6) is -3.64. The lowest BCUT2D eigenvalue weighted by Crippen LogP contribution is -2.57. The average molecular weight is 507 g/mol. The summed E-state index contributed by atoms with van der Waals surface area (Å²) in [5.41, 5.74) is 10.7. The first-order chi connectivity index (χ1) is 16.2. The number of carboxylic acid groups (broad SMARTS) is 1. The number of carboxylic acids is 1. The highest BCUT2D eigenvalue weighted by atomic mass is 19.4. The first-order valence-electron chi connectivity index (χ1n) is 10.3. The molecule has 2 heterocycles. The van der Waals surface area contributed by atoms with Crippen LogP contribution in [0.25, 0.3) is 5.70 Å². The van der Waals surface area contributed by atoms with Crippen molar-refractivity contribution in [3.63, 3.8) is 0 Å². The standard InChI is InChI=1S/C20H22F5N5O5/c21-19(22,23)20(24,25)35-11-3-1-10(2-4-11)15-16(18(33)34)29-8-7-28-9-14(29)30(15)17(32)12(26)5-6-13(27)31/h1-4,12,14,28H,5-9,26H2,(H2,27,31)(H,33,34)/t12-,14?/m0/s1. The fraction of sp³-hybridized carbons (Fsp3) is 0.450. The Labute approximate surface area is 195 Å². The lowest BCUT2D eigenvalue weighted by Gasteiger charge is -2.37. The van der Waals surface area contributed by atoms with Gasteiger partial charge in [0.25, 0.3) is 0 Å². The second-order valence-electron chi connectivity index (χ2n) is 7.84. The maximum absolute atomic E-state index is 13.2. The van der Waals surface area contributed by atoms with Crippen molar-refractivity contribution in [1.29, 1.82) is 0 Å². The number of carbonyl (C=O) groups is 3. The van der Waals surface area contributed by atoms with Crippen molar-refractivity contribution in [2.24, 2.45) is 11.5 Å². The van der Waals surface area contributed by atoms with E-state index in [4.69, 9.17) is 11.5 Å². The van der Waals surface area contributed by atoms with Gasteiger partial charge in [0, 0.05) is 31.6 Å². The van der Waals surface area contributed by atoms with Crippen LogP contribution in [0.3, 0.4) is 0 Å². The molecule has 2 aliphatic heterocycles. The molecule has 1 unspecified atom stereocenters. The molecule has 0 aliphatic carbocycles. The van der Waals surface area contributed by atoms with E-state index >= 15 is 0 Å². The second kappa shape index (κ2) is 9.65. The predicted octanol–water partition coefficient (Wildman–Crippen LogP) is 0.640. The molecule has 0 saturated carbocycles. The van der Waals surface area contributed by atoms with Gasteiger partial charge in [0.1, 0.15) is 17.6 Å². The van der Waals surface area contributed by atoms with Crippen LogP contribution in [0, 0.1) is 0 Å². The third-order valence-electron chi connectivity index (χ3n) is 5.43. The van der Waals surface area contributed by atoms with Gasteiger partial charge in [0.05, 0.1) is 11.7 Å². The number of rotatable bonds is 8. The van der Waals surface area contributed by atoms with Crippen molar-refractivity contribution in [2.75, 3.05) is 19.6 Å². The number of halogens is 5. The third-order valence-corrected chi connectivity index (χ3v) is 5.43. The Bertz CT molecular complexity index is 1030. The van der Waals surface area contributed by atoms with E-state index in [0.717, 1.165) is 29.2 Å². The third kappa shape index (κ3) is 5.30. The molecule has 192 valence electrons. The quantitative estimate of drug-likeness (QED) is 0.375. The van der Waals surface area contributed by atoms with Crippen LogP contribution in [0.15, 0.2) is 30.0 Å². The summed E-state index contributed by atoms with van der Waals surface area (Å²) in [6, 6.07) is 2.49. The van der Waals surface area contributed by atoms with Crippen molar-refractivity contribution >= 4 is 23.5 Å². The van der Waals surface area contributed by atoms with Crippen LogP contribution >= 0.6 is 0 Å². The Hall–Kier alpha value is -3.46. The van der Waals surface area contributed by atoms with E-state index in [1.54, 1.807) is 0 Å². The second-order valence-corrected chi connectivity index (χ2v) is 7.84. The molecule has 2 aliphatic rings. The number of benzene rings is 1. The van der Waals surface area contributed by atoms with Crippen LogP contribution in [-0.2, 0) is 14.4 Å². The molecular weight excluding hydrogens is 485 g/mol. The van der Waals surface area contributed by atoms with Gasteiger partial charge in [-0.05, 0) is 30.7 Å². The van der Waals surface area contributed by atoms with E-state index < -0.39 is 48.0 Å². The van der Waals surface area contributed by atoms with Crippen molar-refractivity contribution in [2.45, 2.75) is 37.3 Å². The van der Waals surface area contributed by atoms with Crippen molar-refractivity contribution in [1.82, 2.24) is 15.1 Å². The van der Waals surface area contributed by atoms with Crippen molar-refractivity contribution in [3.05, 3.63) is 35.5 Å². The van der Waals surface area contributed by atoms with Crippen LogP contribution in [0.5, 0.6) is 5.75 Å². The van der Waals surface area contributed by atoms with Gasteiger partial charge in [-0.2, -0.15) is 22.0 Å². The van der Waals surface area contributed by atoms with E-state index in [0.29, 0.717) is 6.54 Å². The number of alkyl halides is 5. The van der Waals surface area contributed by atoms with Gasteiger partial charge in [0.15, 0.2) is 0 Å². The number of primary amides is 1. The molecule has 10 nitrogen and oxygen atoms in total. The maximum Gasteiger partial charge on any atom is 0.499 e. The largest absolute Gasteiger partial charge is 0.499 e. The van der Waals surface area contributed by atoms with E-state index in [9.17, 15) is 41.4 Å². The molecule has 35 heavy (non-hydrogen) atoms. The summed E-state index contributed by atoms with van der Waals surface area (Å²) in [6.45, 7) is 0.762. The molecule has 1 saturated heterocycles. The topological polar surface area (TPSA) is 151 Å². The minimum Gasteiger partial charge on any atom is -0.477 e. The smallest absolute Gasteiger partial charge is 0.477 e. The van der Waals surface area contributed by atoms with E-state index in [2.05, 4.69) is 10.1 Å². The summed E-state index contributed by atoms with van der Waals surface area (Å²) >= 11 is 0. The summed E-state index contributed by atoms with van der Waals surface area (Å²) in [4.78, 5) is 39.1. The number of fused-ring (bicyclic) bond motifs is 1. The Balaban J connectivity index is 2.01. The Morgan fingerprint density at radius 1 is 1.17 bits per heavy atom. The van der Waals surface area contributed by atoms with Crippen LogP contribution in [0.1, 0.15) is 18.4 Å². The number of carbonyl (C=O) groups excluding carboxylic acids is 2. The van der Waals surface area contributed by atoms with Gasteiger partial charge in [0.2, 0.25) is 11.8 Å². The van der Waals surface area contributed by atoms with Crippen LogP contribution in [-0.4, -0.2) is 76.8 Å². The van der Waals surface area contributed by atoms with E-state index in [-0.39, 0.29) is 42.9 Å². The predicted molar refractivity (Wildman–Crippen MR) is 109 cm³/mol. The highest BCUT2D eigenvalue weighted by Crippen LogP contribution is 2.40. The maximum atomic E-state index is 13.2. The molecule has 1 fully saturated rings. The van der Waals surface area contributed by atoms with Gasteiger partial charge in [-0.15, -0.1) is 0 Å². The molecule has 1 aromatic rings. The van der Waals surface area contributed by atoms with Crippen LogP contribution in [0.2, 0.25) is 0 Å². The Morgan fingerprint density at radius 2 is 1.80 bits per heavy atom. The molecule has 0 radical (unpaired) electrons. The van der Waals surface area contributed by atoms with Gasteiger partial charge >= 0.3 is 18.3 Å². The molecule has 2 amide bonds. The minimum absolute atomic E-state index is 0.0370. The lowest BCUT2D eigenvalue weighted by molar-refractivity contribution is -0.360. The zero-order valence-corrected chi connectivity index (χ0v) is 18.0. The normalized spacial score (nSPS) is 19.4. The molecule has 0 aromatic heterocycles. The highest BCUT2D eigenvalue weighted by Gasteiger charge is 2.61. The number of nitrogens with two attached hydrogens (primary N) is 2. The van der Waals surface area contributed by atoms with Crippen LogP contribution < -0.4 is 21.5 Å². The number of ether oxygens (including phenoxy) is 1. The van der Waals surface area contributed by atoms with Crippen LogP contribution in [0.4, 0.5) is 22.0 Å². The molecule has 3 rings (SSSR count). The van der Waals surface area contributed by atoms with Gasteiger partial charge in [-0.3, -0.25) is 14.5 Å². The molecular formula is C20H22F5N5O5. The molecule has 0 bridgehead atoms. The van der Waals surface area contributed by atoms with E-state index in [1.165, 1.54) is 4.90 Å². The summed E-state index contributed by atoms with van der Waals surface area (Å²) in [5, 5.41) is 12.9. The van der Waals surface area contributed by atoms with Gasteiger partial charge < -0.3 is 31.5 Å². The lowest BCUT2D eigenvalue weighted by atomic mass is 10.1. The first-order valence-corrected chi connectivity index (χ1v) is 10.3. The number of aliphatic carboxylic acids is 1. The fourth-order valence-electron chi connectivity index (χ4n) is 3.82. The highest BCUT2D eigenvalue weighted by molar-refractivity contribution is 6.02. The molecule has 2 atom stereocenters. The fourth-order valence-corrected chi connectivity index (χ4v) is 3.82. The zero-order valence-electron chi connectivity index (χ0n) is 18.0. The number of nitrogens with zero attached hydrogens (tertiary/aromatic N) is 2. The monoisotopic (exact) mass is 507 g/mol. The molecule has 1 aromatic carbocycles. The number of amides is 2.